The molecule has 2 aliphatic carbocycles. The smallest absolute Gasteiger partial charge is 0.222 e. The van der Waals surface area contributed by atoms with Gasteiger partial charge in [-0.05, 0) is 37.3 Å². The van der Waals surface area contributed by atoms with Gasteiger partial charge >= 0.3 is 0 Å². The SMILES string of the molecule is CC1=C2C=C(C(C)C)CC[C@@]2(C)C=C(O)C1=O. The molecule has 2 heteroatoms. The van der Waals surface area contributed by atoms with Crippen LogP contribution in [0.25, 0.3) is 0 Å². The van der Waals surface area contributed by atoms with Gasteiger partial charge in [0.05, 0.1) is 0 Å². The first-order chi connectivity index (χ1) is 7.85. The van der Waals surface area contributed by atoms with E-state index in [0.29, 0.717) is 11.5 Å². The third-order valence-electron chi connectivity index (χ3n) is 4.05. The first kappa shape index (κ1) is 12.2. The molecule has 0 saturated carbocycles. The van der Waals surface area contributed by atoms with Gasteiger partial charge in [0.25, 0.3) is 0 Å². The van der Waals surface area contributed by atoms with E-state index in [1.165, 1.54) is 5.57 Å². The van der Waals surface area contributed by atoms with E-state index in [9.17, 15) is 9.90 Å². The topological polar surface area (TPSA) is 37.3 Å². The Balaban J connectivity index is 2.54. The fourth-order valence-electron chi connectivity index (χ4n) is 2.78. The molecule has 0 radical (unpaired) electrons. The highest BCUT2D eigenvalue weighted by Gasteiger charge is 2.37. The summed E-state index contributed by atoms with van der Waals surface area (Å²) in [6.45, 7) is 8.28. The molecular weight excluding hydrogens is 212 g/mol. The van der Waals surface area contributed by atoms with Crippen molar-refractivity contribution in [2.24, 2.45) is 11.3 Å². The Morgan fingerprint density at radius 2 is 2.06 bits per heavy atom. The molecule has 0 spiro atoms. The second-order valence-electron chi connectivity index (χ2n) is 5.69. The van der Waals surface area contributed by atoms with E-state index < -0.39 is 0 Å². The fraction of sp³-hybridized carbons (Fsp3) is 0.533. The van der Waals surface area contributed by atoms with Crippen LogP contribution in [0.4, 0.5) is 0 Å². The molecule has 92 valence electrons. The van der Waals surface area contributed by atoms with Crippen molar-refractivity contribution in [2.45, 2.75) is 40.5 Å². The maximum absolute atomic E-state index is 11.8. The van der Waals surface area contributed by atoms with Gasteiger partial charge in [-0.1, -0.05) is 32.4 Å². The lowest BCUT2D eigenvalue weighted by molar-refractivity contribution is -0.114. The molecule has 0 aliphatic heterocycles. The molecule has 0 aromatic heterocycles. The van der Waals surface area contributed by atoms with Crippen LogP contribution in [0.2, 0.25) is 0 Å². The predicted molar refractivity (Wildman–Crippen MR) is 68.7 cm³/mol. The highest BCUT2D eigenvalue weighted by molar-refractivity contribution is 6.08. The maximum Gasteiger partial charge on any atom is 0.222 e. The summed E-state index contributed by atoms with van der Waals surface area (Å²) in [4.78, 5) is 11.8. The summed E-state index contributed by atoms with van der Waals surface area (Å²) in [5.41, 5.74) is 3.03. The van der Waals surface area contributed by atoms with Gasteiger partial charge in [0.15, 0.2) is 5.76 Å². The lowest BCUT2D eigenvalue weighted by atomic mass is 9.67. The maximum atomic E-state index is 11.8. The molecular formula is C15H20O2. The number of allylic oxidation sites excluding steroid dienone is 5. The van der Waals surface area contributed by atoms with E-state index in [1.54, 1.807) is 6.08 Å². The lowest BCUT2D eigenvalue weighted by Gasteiger charge is -2.37. The molecule has 0 aromatic rings. The van der Waals surface area contributed by atoms with Crippen molar-refractivity contribution < 1.29 is 9.90 Å². The Bertz CT molecular complexity index is 463. The third-order valence-corrected chi connectivity index (χ3v) is 4.05. The molecule has 0 amide bonds. The number of fused-ring (bicyclic) bond motifs is 1. The van der Waals surface area contributed by atoms with Gasteiger partial charge in [0.1, 0.15) is 0 Å². The first-order valence-electron chi connectivity index (χ1n) is 6.23. The van der Waals surface area contributed by atoms with Crippen LogP contribution in [-0.2, 0) is 4.79 Å². The molecule has 0 bridgehead atoms. The number of carbonyl (C=O) groups excluding carboxylic acids is 1. The normalized spacial score (nSPS) is 29.1. The van der Waals surface area contributed by atoms with Crippen molar-refractivity contribution >= 4 is 5.78 Å². The zero-order valence-electron chi connectivity index (χ0n) is 11.0. The summed E-state index contributed by atoms with van der Waals surface area (Å²) in [7, 11) is 0. The van der Waals surface area contributed by atoms with Gasteiger partial charge in [-0.3, -0.25) is 4.79 Å². The summed E-state index contributed by atoms with van der Waals surface area (Å²) in [5.74, 6) is 0.211. The molecule has 2 nitrogen and oxygen atoms in total. The van der Waals surface area contributed by atoms with Crippen molar-refractivity contribution in [1.82, 2.24) is 0 Å². The number of hydrogen-bond acceptors (Lipinski definition) is 2. The van der Waals surface area contributed by atoms with Crippen LogP contribution >= 0.6 is 0 Å². The van der Waals surface area contributed by atoms with Crippen LogP contribution in [-0.4, -0.2) is 10.9 Å². The summed E-state index contributed by atoms with van der Waals surface area (Å²) < 4.78 is 0. The Kier molecular flexibility index (Phi) is 2.76. The van der Waals surface area contributed by atoms with E-state index in [0.717, 1.165) is 18.4 Å². The zero-order valence-corrected chi connectivity index (χ0v) is 11.0. The van der Waals surface area contributed by atoms with Gasteiger partial charge in [0, 0.05) is 11.0 Å². The number of aliphatic hydroxyl groups is 1. The van der Waals surface area contributed by atoms with Crippen molar-refractivity contribution in [3.63, 3.8) is 0 Å². The summed E-state index contributed by atoms with van der Waals surface area (Å²) in [5, 5.41) is 9.68. The highest BCUT2D eigenvalue weighted by Crippen LogP contribution is 2.46. The van der Waals surface area contributed by atoms with Crippen molar-refractivity contribution in [1.29, 1.82) is 0 Å². The van der Waals surface area contributed by atoms with Crippen LogP contribution in [0, 0.1) is 11.3 Å². The molecule has 0 unspecified atom stereocenters. The number of Topliss-reactive ketones (excluding diaryl/α,β-unsaturated/α-hetero) is 1. The minimum absolute atomic E-state index is 0.0878. The predicted octanol–water partition coefficient (Wildman–Crippen LogP) is 3.71. The van der Waals surface area contributed by atoms with Gasteiger partial charge in [-0.15, -0.1) is 0 Å². The largest absolute Gasteiger partial charge is 0.504 e. The van der Waals surface area contributed by atoms with Crippen LogP contribution in [0.3, 0.4) is 0 Å². The number of carbonyl (C=O) groups is 1. The van der Waals surface area contributed by atoms with Crippen LogP contribution in [0.1, 0.15) is 40.5 Å². The van der Waals surface area contributed by atoms with E-state index in [4.69, 9.17) is 0 Å². The molecule has 2 rings (SSSR count). The Morgan fingerprint density at radius 3 is 2.65 bits per heavy atom. The van der Waals surface area contributed by atoms with Gasteiger partial charge < -0.3 is 5.11 Å². The summed E-state index contributed by atoms with van der Waals surface area (Å²) in [6.07, 6.45) is 5.92. The second-order valence-corrected chi connectivity index (χ2v) is 5.69. The van der Waals surface area contributed by atoms with Crippen LogP contribution in [0.15, 0.2) is 34.6 Å². The number of aliphatic hydroxyl groups excluding tert-OH is 1. The average Bonchev–Trinajstić information content (AvgIpc) is 2.25. The Morgan fingerprint density at radius 1 is 1.41 bits per heavy atom. The van der Waals surface area contributed by atoms with Crippen LogP contribution in [0.5, 0.6) is 0 Å². The first-order valence-corrected chi connectivity index (χ1v) is 6.23. The number of ketones is 1. The number of rotatable bonds is 1. The van der Waals surface area contributed by atoms with Crippen LogP contribution < -0.4 is 0 Å². The summed E-state index contributed by atoms with van der Waals surface area (Å²) >= 11 is 0. The standard InChI is InChI=1S/C15H20O2/c1-9(2)11-5-6-15(4)8-13(16)14(17)10(3)12(15)7-11/h7-9,16H,5-6H2,1-4H3/t15-/m0/s1. The van der Waals surface area contributed by atoms with Crippen molar-refractivity contribution in [3.05, 3.63) is 34.6 Å². The highest BCUT2D eigenvalue weighted by atomic mass is 16.3. The monoisotopic (exact) mass is 232 g/mol. The van der Waals surface area contributed by atoms with Gasteiger partial charge in [-0.2, -0.15) is 0 Å². The number of hydrogen-bond donors (Lipinski definition) is 1. The second kappa shape index (κ2) is 3.86. The molecule has 17 heavy (non-hydrogen) atoms. The van der Waals surface area contributed by atoms with Gasteiger partial charge in [-0.25, -0.2) is 0 Å². The van der Waals surface area contributed by atoms with Gasteiger partial charge in [0.2, 0.25) is 5.78 Å². The quantitative estimate of drug-likeness (QED) is 0.748. The summed E-state index contributed by atoms with van der Waals surface area (Å²) in [6, 6.07) is 0. The van der Waals surface area contributed by atoms with E-state index in [-0.39, 0.29) is 17.0 Å². The molecule has 0 fully saturated rings. The third kappa shape index (κ3) is 1.86. The Labute approximate surface area is 103 Å². The molecule has 0 heterocycles. The van der Waals surface area contributed by atoms with Crippen molar-refractivity contribution in [3.8, 4) is 0 Å². The lowest BCUT2D eigenvalue weighted by Crippen LogP contribution is -2.29. The van der Waals surface area contributed by atoms with E-state index in [1.807, 2.05) is 6.92 Å². The molecule has 1 atom stereocenters. The minimum atomic E-state index is -0.223. The van der Waals surface area contributed by atoms with E-state index >= 15 is 0 Å². The van der Waals surface area contributed by atoms with E-state index in [2.05, 4.69) is 26.8 Å². The molecule has 0 aromatic carbocycles. The molecule has 0 saturated heterocycles. The molecule has 2 aliphatic rings. The average molecular weight is 232 g/mol. The zero-order chi connectivity index (χ0) is 12.8. The molecule has 1 N–H and O–H groups in total. The van der Waals surface area contributed by atoms with Crippen molar-refractivity contribution in [2.75, 3.05) is 0 Å². The minimum Gasteiger partial charge on any atom is -0.504 e. The fourth-order valence-corrected chi connectivity index (χ4v) is 2.78. The Hall–Kier alpha value is -1.31.